The second kappa shape index (κ2) is 37.7. The monoisotopic (exact) mass is 706 g/mol. The summed E-state index contributed by atoms with van der Waals surface area (Å²) < 4.78 is 33.3. The van der Waals surface area contributed by atoms with Crippen LogP contribution in [0.5, 0.6) is 0 Å². The third kappa shape index (κ3) is 36.8. The molecule has 0 aliphatic rings. The van der Waals surface area contributed by atoms with E-state index < -0.39 is 13.9 Å². The zero-order chi connectivity index (χ0) is 35.2. The Bertz CT molecular complexity index is 712. The average Bonchev–Trinajstić information content (AvgIpc) is 3.07. The highest BCUT2D eigenvalue weighted by Gasteiger charge is 2.25. The standard InChI is InChI=1S/C39H80NO7P/c1-3-5-7-9-11-13-14-15-16-17-18-19-20-21-22-23-24-25-27-29-31-34-44-36-38(37-46-48(42,43)45-35-33-40)47-39(41)32-30-28-26-12-10-8-6-4-2/h38H,3-37,40H2,1-2H3,(H,42,43). The van der Waals surface area contributed by atoms with Gasteiger partial charge in [0.1, 0.15) is 6.10 Å². The van der Waals surface area contributed by atoms with Crippen LogP contribution in [0.25, 0.3) is 0 Å². The van der Waals surface area contributed by atoms with Gasteiger partial charge in [-0.15, -0.1) is 0 Å². The molecule has 0 spiro atoms. The van der Waals surface area contributed by atoms with E-state index in [4.69, 9.17) is 24.3 Å². The highest BCUT2D eigenvalue weighted by Crippen LogP contribution is 2.43. The fraction of sp³-hybridized carbons (Fsp3) is 0.974. The van der Waals surface area contributed by atoms with Crippen molar-refractivity contribution in [3.63, 3.8) is 0 Å². The largest absolute Gasteiger partial charge is 0.472 e. The van der Waals surface area contributed by atoms with Crippen molar-refractivity contribution in [3.8, 4) is 0 Å². The van der Waals surface area contributed by atoms with Gasteiger partial charge in [-0.1, -0.05) is 187 Å². The van der Waals surface area contributed by atoms with Gasteiger partial charge < -0.3 is 20.1 Å². The van der Waals surface area contributed by atoms with Gasteiger partial charge in [-0.3, -0.25) is 13.8 Å². The highest BCUT2D eigenvalue weighted by atomic mass is 31.2. The molecule has 0 bridgehead atoms. The SMILES string of the molecule is CCCCCCCCCCCCCCCCCCCCCCCOCC(COP(=O)(O)OCCN)OC(=O)CCCCCCCCCC. The van der Waals surface area contributed by atoms with Crippen molar-refractivity contribution in [2.24, 2.45) is 5.73 Å². The summed E-state index contributed by atoms with van der Waals surface area (Å²) in [5.41, 5.74) is 5.35. The van der Waals surface area contributed by atoms with E-state index in [9.17, 15) is 14.3 Å². The quantitative estimate of drug-likeness (QED) is 0.0367. The summed E-state index contributed by atoms with van der Waals surface area (Å²) in [6.07, 6.45) is 37.1. The number of hydrogen-bond donors (Lipinski definition) is 2. The lowest BCUT2D eigenvalue weighted by Crippen LogP contribution is -2.28. The Morgan fingerprint density at radius 2 is 0.917 bits per heavy atom. The molecule has 9 heteroatoms. The molecule has 0 fully saturated rings. The third-order valence-corrected chi connectivity index (χ3v) is 10.0. The minimum Gasteiger partial charge on any atom is -0.457 e. The molecule has 48 heavy (non-hydrogen) atoms. The molecule has 3 N–H and O–H groups in total. The van der Waals surface area contributed by atoms with Crippen molar-refractivity contribution < 1.29 is 32.8 Å². The topological polar surface area (TPSA) is 117 Å². The number of nitrogens with two attached hydrogens (primary N) is 1. The number of rotatable bonds is 40. The predicted octanol–water partition coefficient (Wildman–Crippen LogP) is 11.7. The fourth-order valence-corrected chi connectivity index (χ4v) is 6.76. The van der Waals surface area contributed by atoms with Crippen LogP contribution in [0.4, 0.5) is 0 Å². The molecule has 0 radical (unpaired) electrons. The minimum atomic E-state index is -4.26. The number of phosphoric acid groups is 1. The smallest absolute Gasteiger partial charge is 0.457 e. The maximum absolute atomic E-state index is 12.4. The Hall–Kier alpha value is -0.500. The van der Waals surface area contributed by atoms with Gasteiger partial charge in [0, 0.05) is 19.6 Å². The fourth-order valence-electron chi connectivity index (χ4n) is 6.00. The number of carbonyl (C=O) groups excluding carboxylic acids is 1. The number of ether oxygens (including phenoxy) is 2. The Morgan fingerprint density at radius 3 is 1.31 bits per heavy atom. The van der Waals surface area contributed by atoms with Gasteiger partial charge in [0.05, 0.1) is 19.8 Å². The van der Waals surface area contributed by atoms with E-state index in [-0.39, 0.29) is 32.3 Å². The molecule has 0 rings (SSSR count). The maximum atomic E-state index is 12.4. The van der Waals surface area contributed by atoms with E-state index in [1.54, 1.807) is 0 Å². The van der Waals surface area contributed by atoms with Crippen LogP contribution < -0.4 is 5.73 Å². The second-order valence-corrected chi connectivity index (χ2v) is 15.3. The van der Waals surface area contributed by atoms with Crippen molar-refractivity contribution in [2.75, 3.05) is 33.0 Å². The van der Waals surface area contributed by atoms with Gasteiger partial charge in [-0.25, -0.2) is 4.57 Å². The molecule has 0 saturated heterocycles. The molecule has 0 aromatic rings. The number of carbonyl (C=O) groups is 1. The molecule has 0 heterocycles. The summed E-state index contributed by atoms with van der Waals surface area (Å²) in [7, 11) is -4.26. The Morgan fingerprint density at radius 1 is 0.542 bits per heavy atom. The molecule has 0 aliphatic heterocycles. The molecule has 0 aromatic carbocycles. The number of hydrogen-bond acceptors (Lipinski definition) is 7. The lowest BCUT2D eigenvalue weighted by molar-refractivity contribution is -0.154. The van der Waals surface area contributed by atoms with Crippen LogP contribution in [0.1, 0.15) is 206 Å². The number of phosphoric ester groups is 1. The molecular weight excluding hydrogens is 625 g/mol. The van der Waals surface area contributed by atoms with Crippen LogP contribution in [-0.4, -0.2) is 49.9 Å². The molecule has 8 nitrogen and oxygen atoms in total. The first-order chi connectivity index (χ1) is 23.4. The summed E-state index contributed by atoms with van der Waals surface area (Å²) in [6.45, 7) is 4.93. The van der Waals surface area contributed by atoms with Crippen molar-refractivity contribution in [3.05, 3.63) is 0 Å². The summed E-state index contributed by atoms with van der Waals surface area (Å²) in [4.78, 5) is 22.3. The van der Waals surface area contributed by atoms with Crippen LogP contribution in [-0.2, 0) is 27.9 Å². The average molecular weight is 706 g/mol. The van der Waals surface area contributed by atoms with E-state index in [1.165, 1.54) is 154 Å². The zero-order valence-corrected chi connectivity index (χ0v) is 32.6. The second-order valence-electron chi connectivity index (χ2n) is 13.9. The van der Waals surface area contributed by atoms with E-state index in [2.05, 4.69) is 13.8 Å². The van der Waals surface area contributed by atoms with Crippen molar-refractivity contribution in [1.29, 1.82) is 0 Å². The first-order valence-electron chi connectivity index (χ1n) is 20.5. The summed E-state index contributed by atoms with van der Waals surface area (Å²) in [5, 5.41) is 0. The summed E-state index contributed by atoms with van der Waals surface area (Å²) in [6, 6.07) is 0. The molecule has 0 saturated carbocycles. The van der Waals surface area contributed by atoms with Crippen LogP contribution in [0.2, 0.25) is 0 Å². The van der Waals surface area contributed by atoms with Crippen LogP contribution in [0.15, 0.2) is 0 Å². The lowest BCUT2D eigenvalue weighted by Gasteiger charge is -2.20. The van der Waals surface area contributed by atoms with Crippen molar-refractivity contribution in [1.82, 2.24) is 0 Å². The third-order valence-electron chi connectivity index (χ3n) is 9.02. The number of esters is 1. The van der Waals surface area contributed by atoms with Gasteiger partial charge in [0.15, 0.2) is 0 Å². The molecular formula is C39H80NO7P. The molecule has 2 unspecified atom stereocenters. The molecule has 0 amide bonds. The van der Waals surface area contributed by atoms with E-state index >= 15 is 0 Å². The molecule has 0 aromatic heterocycles. The van der Waals surface area contributed by atoms with Crippen LogP contribution in [0, 0.1) is 0 Å². The van der Waals surface area contributed by atoms with Crippen molar-refractivity contribution in [2.45, 2.75) is 213 Å². The minimum absolute atomic E-state index is 0.0906. The van der Waals surface area contributed by atoms with Gasteiger partial charge in [-0.05, 0) is 12.8 Å². The summed E-state index contributed by atoms with van der Waals surface area (Å²) >= 11 is 0. The zero-order valence-electron chi connectivity index (χ0n) is 31.7. The molecule has 2 atom stereocenters. The Kier molecular flexibility index (Phi) is 37.4. The first kappa shape index (κ1) is 47.5. The van der Waals surface area contributed by atoms with E-state index in [0.29, 0.717) is 13.0 Å². The predicted molar refractivity (Wildman–Crippen MR) is 201 cm³/mol. The van der Waals surface area contributed by atoms with Gasteiger partial charge in [-0.2, -0.15) is 0 Å². The van der Waals surface area contributed by atoms with Crippen molar-refractivity contribution >= 4 is 13.8 Å². The Balaban J connectivity index is 3.85. The van der Waals surface area contributed by atoms with Crippen LogP contribution >= 0.6 is 7.82 Å². The lowest BCUT2D eigenvalue weighted by atomic mass is 10.0. The highest BCUT2D eigenvalue weighted by molar-refractivity contribution is 7.47. The van der Waals surface area contributed by atoms with E-state index in [0.717, 1.165) is 32.1 Å². The Labute approximate surface area is 297 Å². The van der Waals surface area contributed by atoms with Crippen LogP contribution in [0.3, 0.4) is 0 Å². The number of unbranched alkanes of at least 4 members (excludes halogenated alkanes) is 27. The summed E-state index contributed by atoms with van der Waals surface area (Å²) in [5.74, 6) is -0.331. The maximum Gasteiger partial charge on any atom is 0.472 e. The molecule has 288 valence electrons. The normalized spacial score (nSPS) is 13.5. The van der Waals surface area contributed by atoms with Gasteiger partial charge >= 0.3 is 13.8 Å². The van der Waals surface area contributed by atoms with Gasteiger partial charge in [0.25, 0.3) is 0 Å². The molecule has 0 aliphatic carbocycles. The first-order valence-corrected chi connectivity index (χ1v) is 22.0. The van der Waals surface area contributed by atoms with Gasteiger partial charge in [0.2, 0.25) is 0 Å². The van der Waals surface area contributed by atoms with E-state index in [1.807, 2.05) is 0 Å².